The van der Waals surface area contributed by atoms with Gasteiger partial charge in [-0.25, -0.2) is 15.8 Å². The van der Waals surface area contributed by atoms with Gasteiger partial charge in [0.2, 0.25) is 5.95 Å². The van der Waals surface area contributed by atoms with Gasteiger partial charge in [0.05, 0.1) is 19.9 Å². The molecule has 6 heteroatoms. The minimum atomic E-state index is 0.355. The van der Waals surface area contributed by atoms with Gasteiger partial charge in [0.15, 0.2) is 0 Å². The molecule has 1 aromatic carbocycles. The van der Waals surface area contributed by atoms with Gasteiger partial charge in [-0.05, 0) is 25.1 Å². The minimum absolute atomic E-state index is 0.355. The summed E-state index contributed by atoms with van der Waals surface area (Å²) in [6.45, 7) is 1.93. The van der Waals surface area contributed by atoms with Crippen molar-refractivity contribution in [2.45, 2.75) is 6.92 Å². The molecule has 100 valence electrons. The molecule has 0 spiro atoms. The Bertz CT molecular complexity index is 587. The minimum Gasteiger partial charge on any atom is -0.496 e. The molecule has 0 fully saturated rings. The van der Waals surface area contributed by atoms with Crippen LogP contribution in [-0.4, -0.2) is 24.2 Å². The highest BCUT2D eigenvalue weighted by atomic mass is 16.5. The molecule has 0 aliphatic carbocycles. The maximum Gasteiger partial charge on any atom is 0.237 e. The summed E-state index contributed by atoms with van der Waals surface area (Å²) in [5.74, 6) is 7.16. The highest BCUT2D eigenvalue weighted by Crippen LogP contribution is 2.36. The van der Waals surface area contributed by atoms with Crippen molar-refractivity contribution in [3.63, 3.8) is 0 Å². The third-order valence-corrected chi connectivity index (χ3v) is 2.84. The summed E-state index contributed by atoms with van der Waals surface area (Å²) >= 11 is 0. The molecule has 3 N–H and O–H groups in total. The summed E-state index contributed by atoms with van der Waals surface area (Å²) < 4.78 is 10.7. The van der Waals surface area contributed by atoms with Gasteiger partial charge in [-0.15, -0.1) is 0 Å². The van der Waals surface area contributed by atoms with E-state index in [0.29, 0.717) is 5.95 Å². The Morgan fingerprint density at radius 3 is 2.58 bits per heavy atom. The van der Waals surface area contributed by atoms with Gasteiger partial charge in [0, 0.05) is 17.3 Å². The monoisotopic (exact) mass is 260 g/mol. The molecule has 1 aromatic heterocycles. The average Bonchev–Trinajstić information content (AvgIpc) is 2.47. The van der Waals surface area contributed by atoms with Gasteiger partial charge >= 0.3 is 0 Å². The fourth-order valence-electron chi connectivity index (χ4n) is 1.94. The van der Waals surface area contributed by atoms with Crippen LogP contribution in [0.1, 0.15) is 5.56 Å². The summed E-state index contributed by atoms with van der Waals surface area (Å²) in [5.41, 5.74) is 4.93. The van der Waals surface area contributed by atoms with Gasteiger partial charge in [0.1, 0.15) is 11.5 Å². The second-order valence-corrected chi connectivity index (χ2v) is 3.88. The Kier molecular flexibility index (Phi) is 3.82. The number of benzene rings is 1. The van der Waals surface area contributed by atoms with E-state index in [1.165, 1.54) is 0 Å². The number of nitrogens with two attached hydrogens (primary N) is 1. The van der Waals surface area contributed by atoms with Gasteiger partial charge in [-0.1, -0.05) is 0 Å². The Morgan fingerprint density at radius 1 is 1.16 bits per heavy atom. The Morgan fingerprint density at radius 2 is 1.95 bits per heavy atom. The number of hydrogen-bond acceptors (Lipinski definition) is 6. The van der Waals surface area contributed by atoms with E-state index < -0.39 is 0 Å². The van der Waals surface area contributed by atoms with Crippen LogP contribution >= 0.6 is 0 Å². The number of hydrazine groups is 1. The Balaban J connectivity index is 2.58. The van der Waals surface area contributed by atoms with Crippen molar-refractivity contribution in [3.8, 4) is 22.8 Å². The van der Waals surface area contributed by atoms with Crippen LogP contribution in [0.25, 0.3) is 11.3 Å². The molecule has 0 aliphatic heterocycles. The topological polar surface area (TPSA) is 82.3 Å². The SMILES string of the molecule is COc1ccc(-c2ccnc(NN)n2)c(OC)c1C. The molecule has 0 bridgehead atoms. The highest BCUT2D eigenvalue weighted by Gasteiger charge is 2.14. The summed E-state index contributed by atoms with van der Waals surface area (Å²) in [4.78, 5) is 8.28. The molecular weight excluding hydrogens is 244 g/mol. The molecule has 2 rings (SSSR count). The molecule has 19 heavy (non-hydrogen) atoms. The van der Waals surface area contributed by atoms with Gasteiger partial charge in [-0.2, -0.15) is 0 Å². The number of anilines is 1. The van der Waals surface area contributed by atoms with Crippen LogP contribution in [0.3, 0.4) is 0 Å². The Labute approximate surface area is 111 Å². The predicted molar refractivity (Wildman–Crippen MR) is 73.1 cm³/mol. The summed E-state index contributed by atoms with van der Waals surface area (Å²) in [7, 11) is 3.25. The van der Waals surface area contributed by atoms with Crippen LogP contribution in [0, 0.1) is 6.92 Å². The second-order valence-electron chi connectivity index (χ2n) is 3.88. The molecule has 0 aliphatic rings. The number of aromatic nitrogens is 2. The first kappa shape index (κ1) is 13.1. The number of nitrogens with zero attached hydrogens (tertiary/aromatic N) is 2. The first-order valence-corrected chi connectivity index (χ1v) is 5.73. The summed E-state index contributed by atoms with van der Waals surface area (Å²) in [6.07, 6.45) is 1.64. The molecule has 6 nitrogen and oxygen atoms in total. The Hall–Kier alpha value is -2.34. The van der Waals surface area contributed by atoms with Crippen LogP contribution in [0.5, 0.6) is 11.5 Å². The fraction of sp³-hybridized carbons (Fsp3) is 0.231. The molecule has 0 saturated carbocycles. The van der Waals surface area contributed by atoms with Crippen molar-refractivity contribution in [2.24, 2.45) is 5.84 Å². The van der Waals surface area contributed by atoms with E-state index in [9.17, 15) is 0 Å². The first-order chi connectivity index (χ1) is 9.21. The molecule has 0 amide bonds. The number of hydrogen-bond donors (Lipinski definition) is 2. The van der Waals surface area contributed by atoms with Crippen molar-refractivity contribution in [1.29, 1.82) is 0 Å². The zero-order chi connectivity index (χ0) is 13.8. The smallest absolute Gasteiger partial charge is 0.237 e. The molecule has 0 atom stereocenters. The third kappa shape index (κ3) is 2.43. The van der Waals surface area contributed by atoms with Gasteiger partial charge < -0.3 is 9.47 Å². The highest BCUT2D eigenvalue weighted by molar-refractivity contribution is 5.71. The molecule has 0 radical (unpaired) electrons. The number of rotatable bonds is 4. The van der Waals surface area contributed by atoms with Crippen molar-refractivity contribution in [3.05, 3.63) is 30.0 Å². The normalized spacial score (nSPS) is 10.1. The zero-order valence-electron chi connectivity index (χ0n) is 11.1. The zero-order valence-corrected chi connectivity index (χ0v) is 11.1. The molecule has 2 aromatic rings. The lowest BCUT2D eigenvalue weighted by Gasteiger charge is -2.14. The van der Waals surface area contributed by atoms with Gasteiger partial charge in [-0.3, -0.25) is 5.43 Å². The lowest BCUT2D eigenvalue weighted by atomic mass is 10.1. The summed E-state index contributed by atoms with van der Waals surface area (Å²) in [6, 6.07) is 5.57. The number of methoxy groups -OCH3 is 2. The van der Waals surface area contributed by atoms with E-state index in [1.807, 2.05) is 19.1 Å². The number of nitrogen functional groups attached to an aromatic ring is 1. The molecule has 1 heterocycles. The quantitative estimate of drug-likeness (QED) is 0.644. The second kappa shape index (κ2) is 5.53. The maximum atomic E-state index is 5.45. The van der Waals surface area contributed by atoms with E-state index in [0.717, 1.165) is 28.3 Å². The molecule has 0 saturated heterocycles. The predicted octanol–water partition coefficient (Wildman–Crippen LogP) is 1.75. The van der Waals surface area contributed by atoms with E-state index >= 15 is 0 Å². The van der Waals surface area contributed by atoms with Crippen LogP contribution < -0.4 is 20.7 Å². The lowest BCUT2D eigenvalue weighted by Crippen LogP contribution is -2.10. The van der Waals surface area contributed by atoms with Crippen molar-refractivity contribution < 1.29 is 9.47 Å². The third-order valence-electron chi connectivity index (χ3n) is 2.84. The van der Waals surface area contributed by atoms with E-state index in [1.54, 1.807) is 26.5 Å². The van der Waals surface area contributed by atoms with Crippen LogP contribution in [-0.2, 0) is 0 Å². The maximum absolute atomic E-state index is 5.45. The number of nitrogens with one attached hydrogen (secondary N) is 1. The average molecular weight is 260 g/mol. The van der Waals surface area contributed by atoms with Gasteiger partial charge in [0.25, 0.3) is 0 Å². The summed E-state index contributed by atoms with van der Waals surface area (Å²) in [5, 5.41) is 0. The van der Waals surface area contributed by atoms with Crippen molar-refractivity contribution in [2.75, 3.05) is 19.6 Å². The first-order valence-electron chi connectivity index (χ1n) is 5.73. The van der Waals surface area contributed by atoms with E-state index in [2.05, 4.69) is 15.4 Å². The molecule has 0 unspecified atom stereocenters. The largest absolute Gasteiger partial charge is 0.496 e. The van der Waals surface area contributed by atoms with Crippen LogP contribution in [0.2, 0.25) is 0 Å². The lowest BCUT2D eigenvalue weighted by molar-refractivity contribution is 0.390. The molecular formula is C13H16N4O2. The van der Waals surface area contributed by atoms with E-state index in [-0.39, 0.29) is 0 Å². The fourth-order valence-corrected chi connectivity index (χ4v) is 1.94. The van der Waals surface area contributed by atoms with Crippen molar-refractivity contribution in [1.82, 2.24) is 9.97 Å². The van der Waals surface area contributed by atoms with Crippen LogP contribution in [0.4, 0.5) is 5.95 Å². The standard InChI is InChI=1S/C13H16N4O2/c1-8-11(18-2)5-4-9(12(8)19-3)10-6-7-15-13(16-10)17-14/h4-7H,14H2,1-3H3,(H,15,16,17). The van der Waals surface area contributed by atoms with E-state index in [4.69, 9.17) is 15.3 Å². The van der Waals surface area contributed by atoms with Crippen molar-refractivity contribution >= 4 is 5.95 Å². The van der Waals surface area contributed by atoms with Crippen LogP contribution in [0.15, 0.2) is 24.4 Å². The number of ether oxygens (including phenoxy) is 2.